The number of primary amides is 1. The van der Waals surface area contributed by atoms with Gasteiger partial charge in [0, 0.05) is 22.8 Å². The lowest BCUT2D eigenvalue weighted by atomic mass is 10.1. The van der Waals surface area contributed by atoms with Crippen molar-refractivity contribution in [2.75, 3.05) is 0 Å². The van der Waals surface area contributed by atoms with E-state index in [0.29, 0.717) is 5.02 Å². The summed E-state index contributed by atoms with van der Waals surface area (Å²) < 4.78 is 29.7. The molecule has 0 saturated heterocycles. The second-order valence-electron chi connectivity index (χ2n) is 3.42. The predicted molar refractivity (Wildman–Crippen MR) is 63.1 cm³/mol. The van der Waals surface area contributed by atoms with E-state index in [9.17, 15) is 13.6 Å². The number of nitrogens with two attached hydrogens (primary N) is 1. The number of hydrogen-bond donors (Lipinski definition) is 1. The lowest BCUT2D eigenvalue weighted by Gasteiger charge is -2.09. The van der Waals surface area contributed by atoms with Gasteiger partial charge in [0.05, 0.1) is 0 Å². The molecule has 1 radical (unpaired) electrons. The molecule has 0 saturated carbocycles. The Morgan fingerprint density at radius 1 is 1.53 bits per heavy atom. The van der Waals surface area contributed by atoms with Crippen LogP contribution in [0, 0.1) is 6.07 Å². The average Bonchev–Trinajstić information content (AvgIpc) is 2.80. The van der Waals surface area contributed by atoms with Crippen LogP contribution in [-0.2, 0) is 0 Å². The summed E-state index contributed by atoms with van der Waals surface area (Å²) in [7, 11) is 0. The number of amides is 1. The number of nitrogens with zero attached hydrogens (tertiary/aromatic N) is 2. The van der Waals surface area contributed by atoms with Crippen molar-refractivity contribution in [1.82, 2.24) is 9.78 Å². The van der Waals surface area contributed by atoms with Crippen LogP contribution in [0.1, 0.15) is 0 Å². The Hall–Kier alpha value is -2.15. The summed E-state index contributed by atoms with van der Waals surface area (Å²) >= 11 is 5.79. The van der Waals surface area contributed by atoms with E-state index in [1.165, 1.54) is 24.4 Å². The van der Waals surface area contributed by atoms with Crippen LogP contribution in [0.4, 0.5) is 13.6 Å². The number of halogens is 3. The van der Waals surface area contributed by atoms with Crippen LogP contribution in [0.2, 0.25) is 5.02 Å². The summed E-state index contributed by atoms with van der Waals surface area (Å²) in [5.74, 6) is -0.120. The smallest absolute Gasteiger partial charge is 0.387 e. The zero-order valence-corrected chi connectivity index (χ0v) is 10.1. The van der Waals surface area contributed by atoms with Crippen molar-refractivity contribution in [3.63, 3.8) is 0 Å². The zero-order valence-electron chi connectivity index (χ0n) is 9.31. The summed E-state index contributed by atoms with van der Waals surface area (Å²) in [4.78, 5) is 10.9. The third-order valence-electron chi connectivity index (χ3n) is 2.17. The van der Waals surface area contributed by atoms with Crippen LogP contribution < -0.4 is 10.5 Å². The number of aromatic nitrogens is 2. The van der Waals surface area contributed by atoms with Gasteiger partial charge in [0.15, 0.2) is 0 Å². The molecule has 2 rings (SSSR count). The zero-order chi connectivity index (χ0) is 14.0. The minimum absolute atomic E-state index is 0.120. The summed E-state index contributed by atoms with van der Waals surface area (Å²) in [6.07, 6.45) is 1.19. The van der Waals surface area contributed by atoms with Gasteiger partial charge in [-0.2, -0.15) is 18.6 Å². The molecule has 1 aromatic heterocycles. The maximum Gasteiger partial charge on any atom is 0.387 e. The summed E-state index contributed by atoms with van der Waals surface area (Å²) in [5.41, 5.74) is 5.33. The molecule has 1 aromatic carbocycles. The Morgan fingerprint density at radius 3 is 2.84 bits per heavy atom. The van der Waals surface area contributed by atoms with Crippen molar-refractivity contribution in [2.45, 2.75) is 6.61 Å². The molecule has 99 valence electrons. The van der Waals surface area contributed by atoms with Gasteiger partial charge in [0.2, 0.25) is 0 Å². The van der Waals surface area contributed by atoms with E-state index in [4.69, 9.17) is 17.3 Å². The fourth-order valence-corrected chi connectivity index (χ4v) is 1.59. The monoisotopic (exact) mass is 286 g/mol. The van der Waals surface area contributed by atoms with Gasteiger partial charge in [-0.05, 0) is 18.2 Å². The van der Waals surface area contributed by atoms with Crippen LogP contribution in [0.15, 0.2) is 24.4 Å². The molecule has 0 aliphatic rings. The molecule has 5 nitrogen and oxygen atoms in total. The highest BCUT2D eigenvalue weighted by Gasteiger charge is 2.15. The lowest BCUT2D eigenvalue weighted by molar-refractivity contribution is -0.0494. The summed E-state index contributed by atoms with van der Waals surface area (Å²) in [6.45, 7) is -2.99. The largest absolute Gasteiger partial charge is 0.434 e. The number of hydrogen-bond acceptors (Lipinski definition) is 3. The number of carbonyl (C=O) groups is 1. The Balaban J connectivity index is 2.46. The summed E-state index contributed by atoms with van der Waals surface area (Å²) in [6, 6.07) is 5.85. The molecule has 0 atom stereocenters. The number of benzene rings is 1. The molecule has 0 bridgehead atoms. The highest BCUT2D eigenvalue weighted by molar-refractivity contribution is 6.30. The fraction of sp³-hybridized carbons (Fsp3) is 0.0909. The Kier molecular flexibility index (Phi) is 3.66. The van der Waals surface area contributed by atoms with E-state index < -0.39 is 12.6 Å². The maximum atomic E-state index is 12.3. The normalized spacial score (nSPS) is 10.7. The number of alkyl halides is 2. The second kappa shape index (κ2) is 5.23. The van der Waals surface area contributed by atoms with E-state index in [-0.39, 0.29) is 17.0 Å². The van der Waals surface area contributed by atoms with Gasteiger partial charge in [-0.15, -0.1) is 0 Å². The molecule has 2 aromatic rings. The van der Waals surface area contributed by atoms with Crippen molar-refractivity contribution in [3.05, 3.63) is 35.5 Å². The van der Waals surface area contributed by atoms with E-state index in [2.05, 4.69) is 15.9 Å². The minimum Gasteiger partial charge on any atom is -0.434 e. The van der Waals surface area contributed by atoms with Gasteiger partial charge < -0.3 is 10.5 Å². The molecular weight excluding hydrogens is 280 g/mol. The predicted octanol–water partition coefficient (Wildman–Crippen LogP) is 2.53. The van der Waals surface area contributed by atoms with Gasteiger partial charge in [-0.25, -0.2) is 4.79 Å². The van der Waals surface area contributed by atoms with Gasteiger partial charge in [0.1, 0.15) is 11.4 Å². The number of rotatable bonds is 3. The van der Waals surface area contributed by atoms with Crippen molar-refractivity contribution >= 4 is 17.6 Å². The van der Waals surface area contributed by atoms with Crippen molar-refractivity contribution in [3.8, 4) is 17.0 Å². The van der Waals surface area contributed by atoms with E-state index >= 15 is 0 Å². The van der Waals surface area contributed by atoms with Gasteiger partial charge in [-0.1, -0.05) is 11.6 Å². The first-order valence-electron chi connectivity index (χ1n) is 4.99. The van der Waals surface area contributed by atoms with Crippen molar-refractivity contribution < 1.29 is 18.3 Å². The van der Waals surface area contributed by atoms with Crippen LogP contribution in [0.3, 0.4) is 0 Å². The lowest BCUT2D eigenvalue weighted by Crippen LogP contribution is -2.19. The first-order chi connectivity index (χ1) is 8.97. The maximum absolute atomic E-state index is 12.3. The SMILES string of the molecule is NC(=O)n1c[c]c(-c2cc(Cl)ccc2OC(F)F)n1. The van der Waals surface area contributed by atoms with Crippen molar-refractivity contribution in [2.24, 2.45) is 5.73 Å². The Morgan fingerprint density at radius 2 is 2.26 bits per heavy atom. The van der Waals surface area contributed by atoms with E-state index in [1.807, 2.05) is 0 Å². The molecule has 0 spiro atoms. The topological polar surface area (TPSA) is 70.1 Å². The number of carbonyl (C=O) groups excluding carboxylic acids is 1. The first-order valence-corrected chi connectivity index (χ1v) is 5.37. The van der Waals surface area contributed by atoms with Crippen LogP contribution in [0.25, 0.3) is 11.3 Å². The van der Waals surface area contributed by atoms with Crippen LogP contribution >= 0.6 is 11.6 Å². The molecular formula is C11H7ClF2N3O2. The fourth-order valence-electron chi connectivity index (χ4n) is 1.42. The van der Waals surface area contributed by atoms with Crippen LogP contribution in [0.5, 0.6) is 5.75 Å². The molecule has 0 aliphatic carbocycles. The van der Waals surface area contributed by atoms with Crippen molar-refractivity contribution in [1.29, 1.82) is 0 Å². The van der Waals surface area contributed by atoms with E-state index in [1.54, 1.807) is 0 Å². The van der Waals surface area contributed by atoms with Crippen LogP contribution in [-0.4, -0.2) is 22.4 Å². The molecule has 1 heterocycles. The highest BCUT2D eigenvalue weighted by Crippen LogP contribution is 2.32. The Labute approximate surface area is 111 Å². The minimum atomic E-state index is -2.99. The third-order valence-corrected chi connectivity index (χ3v) is 2.40. The summed E-state index contributed by atoms with van der Waals surface area (Å²) in [5, 5.41) is 4.10. The number of ether oxygens (including phenoxy) is 1. The van der Waals surface area contributed by atoms with Gasteiger partial charge in [0.25, 0.3) is 0 Å². The molecule has 0 fully saturated rings. The molecule has 1 amide bonds. The molecule has 8 heteroatoms. The second-order valence-corrected chi connectivity index (χ2v) is 3.86. The Bertz CT molecular complexity index is 616. The van der Waals surface area contributed by atoms with Gasteiger partial charge >= 0.3 is 12.6 Å². The standard InChI is InChI=1S/C11H7ClF2N3O2/c12-6-1-2-9(19-10(13)14)7(5-6)8-3-4-17(16-8)11(15)18/h1-2,4-5,10H,(H2,15,18). The first kappa shape index (κ1) is 13.3. The van der Waals surface area contributed by atoms with Gasteiger partial charge in [-0.3, -0.25) is 0 Å². The quantitative estimate of drug-likeness (QED) is 0.942. The molecule has 19 heavy (non-hydrogen) atoms. The highest BCUT2D eigenvalue weighted by atomic mass is 35.5. The van der Waals surface area contributed by atoms with E-state index in [0.717, 1.165) is 4.68 Å². The third kappa shape index (κ3) is 3.00. The molecule has 0 aliphatic heterocycles. The molecule has 0 unspecified atom stereocenters. The average molecular weight is 287 g/mol. The molecule has 2 N–H and O–H groups in total.